The van der Waals surface area contributed by atoms with Gasteiger partial charge in [-0.05, 0) is 20.3 Å². The van der Waals surface area contributed by atoms with Gasteiger partial charge in [0.1, 0.15) is 5.76 Å². The molecule has 0 aliphatic rings. The first kappa shape index (κ1) is 15.1. The highest BCUT2D eigenvalue weighted by Gasteiger charge is 2.09. The minimum absolute atomic E-state index is 0.384. The summed E-state index contributed by atoms with van der Waals surface area (Å²) in [4.78, 5) is 0. The van der Waals surface area contributed by atoms with Gasteiger partial charge < -0.3 is 19.7 Å². The van der Waals surface area contributed by atoms with E-state index < -0.39 is 6.10 Å². The number of rotatable bonds is 9. The van der Waals surface area contributed by atoms with Crippen LogP contribution in [0.15, 0.2) is 4.52 Å². The molecule has 1 atom stereocenters. The molecule has 5 heteroatoms. The summed E-state index contributed by atoms with van der Waals surface area (Å²) in [5, 5.41) is 16.8. The van der Waals surface area contributed by atoms with E-state index >= 15 is 0 Å². The fourth-order valence-electron chi connectivity index (χ4n) is 1.64. The third-order valence-corrected chi connectivity index (χ3v) is 2.82. The van der Waals surface area contributed by atoms with E-state index in [1.54, 1.807) is 0 Å². The number of aryl methyl sites for hydroxylation is 2. The zero-order chi connectivity index (χ0) is 13.4. The Bertz CT molecular complexity index is 319. The average Bonchev–Trinajstić information content (AvgIpc) is 2.66. The van der Waals surface area contributed by atoms with Gasteiger partial charge in [0.15, 0.2) is 0 Å². The molecule has 0 amide bonds. The fraction of sp³-hybridized carbons (Fsp3) is 0.769. The number of nitrogens with one attached hydrogen (secondary N) is 1. The normalized spacial score (nSPS) is 12.9. The molecule has 5 nitrogen and oxygen atoms in total. The van der Waals surface area contributed by atoms with Crippen molar-refractivity contribution in [2.75, 3.05) is 19.8 Å². The van der Waals surface area contributed by atoms with Crippen LogP contribution in [0.2, 0.25) is 0 Å². The van der Waals surface area contributed by atoms with Crippen molar-refractivity contribution < 1.29 is 14.4 Å². The Morgan fingerprint density at radius 2 is 2.22 bits per heavy atom. The second kappa shape index (κ2) is 8.24. The van der Waals surface area contributed by atoms with Crippen LogP contribution in [0, 0.1) is 13.8 Å². The van der Waals surface area contributed by atoms with Gasteiger partial charge in [-0.15, -0.1) is 0 Å². The number of hydrogen-bond donors (Lipinski definition) is 2. The lowest BCUT2D eigenvalue weighted by Gasteiger charge is -2.12. The van der Waals surface area contributed by atoms with Gasteiger partial charge in [-0.25, -0.2) is 0 Å². The predicted molar refractivity (Wildman–Crippen MR) is 69.4 cm³/mol. The average molecular weight is 256 g/mol. The third kappa shape index (κ3) is 5.16. The maximum Gasteiger partial charge on any atom is 0.138 e. The SMILES string of the molecule is CCCCOCC(O)CNCc1c(C)noc1C. The molecule has 1 heterocycles. The number of nitrogens with zero attached hydrogens (tertiary/aromatic N) is 1. The number of ether oxygens (including phenoxy) is 1. The first-order valence-electron chi connectivity index (χ1n) is 6.53. The lowest BCUT2D eigenvalue weighted by molar-refractivity contribution is 0.0358. The van der Waals surface area contributed by atoms with Crippen LogP contribution in [0.4, 0.5) is 0 Å². The lowest BCUT2D eigenvalue weighted by atomic mass is 10.2. The van der Waals surface area contributed by atoms with E-state index in [0.717, 1.165) is 36.5 Å². The molecule has 0 saturated carbocycles. The second-order valence-electron chi connectivity index (χ2n) is 4.52. The minimum atomic E-state index is -0.470. The molecular weight excluding hydrogens is 232 g/mol. The van der Waals surface area contributed by atoms with Crippen LogP contribution in [0.3, 0.4) is 0 Å². The van der Waals surface area contributed by atoms with E-state index in [-0.39, 0.29) is 0 Å². The maximum atomic E-state index is 9.69. The van der Waals surface area contributed by atoms with Crippen molar-refractivity contribution in [3.8, 4) is 0 Å². The van der Waals surface area contributed by atoms with Crippen molar-refractivity contribution in [1.29, 1.82) is 0 Å². The van der Waals surface area contributed by atoms with E-state index in [1.807, 2.05) is 13.8 Å². The van der Waals surface area contributed by atoms with Gasteiger partial charge in [0, 0.05) is 25.3 Å². The number of aliphatic hydroxyl groups is 1. The second-order valence-corrected chi connectivity index (χ2v) is 4.52. The molecule has 0 fully saturated rings. The molecule has 0 radical (unpaired) electrons. The molecule has 0 aromatic carbocycles. The van der Waals surface area contributed by atoms with Crippen LogP contribution in [-0.4, -0.2) is 36.1 Å². The van der Waals surface area contributed by atoms with Gasteiger partial charge in [0.25, 0.3) is 0 Å². The van der Waals surface area contributed by atoms with Crippen molar-refractivity contribution in [2.24, 2.45) is 0 Å². The largest absolute Gasteiger partial charge is 0.389 e. The quantitative estimate of drug-likeness (QED) is 0.656. The molecule has 0 aliphatic heterocycles. The van der Waals surface area contributed by atoms with Crippen LogP contribution in [0.25, 0.3) is 0 Å². The standard InChI is InChI=1S/C13H24N2O3/c1-4-5-6-17-9-12(16)7-14-8-13-10(2)15-18-11(13)3/h12,14,16H,4-9H2,1-3H3. The highest BCUT2D eigenvalue weighted by molar-refractivity contribution is 5.20. The summed E-state index contributed by atoms with van der Waals surface area (Å²) in [6.45, 7) is 8.19. The minimum Gasteiger partial charge on any atom is -0.389 e. The number of aliphatic hydroxyl groups excluding tert-OH is 1. The zero-order valence-electron chi connectivity index (χ0n) is 11.5. The zero-order valence-corrected chi connectivity index (χ0v) is 11.5. The molecular formula is C13H24N2O3. The topological polar surface area (TPSA) is 67.5 Å². The van der Waals surface area contributed by atoms with Crippen LogP contribution >= 0.6 is 0 Å². The highest BCUT2D eigenvalue weighted by atomic mass is 16.5. The van der Waals surface area contributed by atoms with E-state index in [9.17, 15) is 5.11 Å². The molecule has 0 spiro atoms. The highest BCUT2D eigenvalue weighted by Crippen LogP contribution is 2.11. The summed E-state index contributed by atoms with van der Waals surface area (Å²) in [6, 6.07) is 0. The Morgan fingerprint density at radius 1 is 1.44 bits per heavy atom. The van der Waals surface area contributed by atoms with Gasteiger partial charge in [-0.1, -0.05) is 18.5 Å². The van der Waals surface area contributed by atoms with Crippen molar-refractivity contribution in [1.82, 2.24) is 10.5 Å². The summed E-state index contributed by atoms with van der Waals surface area (Å²) in [7, 11) is 0. The first-order valence-corrected chi connectivity index (χ1v) is 6.53. The van der Waals surface area contributed by atoms with Crippen LogP contribution < -0.4 is 5.32 Å². The molecule has 0 bridgehead atoms. The summed E-state index contributed by atoms with van der Waals surface area (Å²) < 4.78 is 10.4. The third-order valence-electron chi connectivity index (χ3n) is 2.82. The Balaban J connectivity index is 2.13. The molecule has 104 valence electrons. The van der Waals surface area contributed by atoms with Crippen molar-refractivity contribution in [3.05, 3.63) is 17.0 Å². The summed E-state index contributed by atoms with van der Waals surface area (Å²) in [6.07, 6.45) is 1.68. The molecule has 1 unspecified atom stereocenters. The van der Waals surface area contributed by atoms with E-state index in [2.05, 4.69) is 17.4 Å². The molecule has 1 aromatic heterocycles. The fourth-order valence-corrected chi connectivity index (χ4v) is 1.64. The molecule has 0 saturated heterocycles. The maximum absolute atomic E-state index is 9.69. The predicted octanol–water partition coefficient (Wildman–Crippen LogP) is 1.56. The number of aromatic nitrogens is 1. The summed E-state index contributed by atoms with van der Waals surface area (Å²) in [5.74, 6) is 0.827. The summed E-state index contributed by atoms with van der Waals surface area (Å²) >= 11 is 0. The van der Waals surface area contributed by atoms with E-state index in [4.69, 9.17) is 9.26 Å². The molecule has 1 rings (SSSR count). The van der Waals surface area contributed by atoms with Crippen LogP contribution in [0.5, 0.6) is 0 Å². The lowest BCUT2D eigenvalue weighted by Crippen LogP contribution is -2.30. The number of unbranched alkanes of at least 4 members (excludes halogenated alkanes) is 1. The molecule has 0 aliphatic carbocycles. The van der Waals surface area contributed by atoms with Crippen molar-refractivity contribution in [2.45, 2.75) is 46.3 Å². The Hall–Kier alpha value is -0.910. The van der Waals surface area contributed by atoms with Crippen LogP contribution in [-0.2, 0) is 11.3 Å². The molecule has 1 aromatic rings. The Labute approximate surface area is 109 Å². The first-order chi connectivity index (χ1) is 8.65. The van der Waals surface area contributed by atoms with Gasteiger partial charge in [0.2, 0.25) is 0 Å². The van der Waals surface area contributed by atoms with Crippen molar-refractivity contribution in [3.63, 3.8) is 0 Å². The Kier molecular flexibility index (Phi) is 6.93. The molecule has 2 N–H and O–H groups in total. The van der Waals surface area contributed by atoms with Gasteiger partial charge in [-0.2, -0.15) is 0 Å². The summed E-state index contributed by atoms with van der Waals surface area (Å²) in [5.41, 5.74) is 1.96. The van der Waals surface area contributed by atoms with Gasteiger partial charge >= 0.3 is 0 Å². The van der Waals surface area contributed by atoms with Crippen LogP contribution in [0.1, 0.15) is 36.8 Å². The van der Waals surface area contributed by atoms with E-state index in [0.29, 0.717) is 19.7 Å². The van der Waals surface area contributed by atoms with E-state index in [1.165, 1.54) is 0 Å². The Morgan fingerprint density at radius 3 is 2.83 bits per heavy atom. The van der Waals surface area contributed by atoms with Gasteiger partial charge in [-0.3, -0.25) is 0 Å². The smallest absolute Gasteiger partial charge is 0.138 e. The monoisotopic (exact) mass is 256 g/mol. The molecule has 18 heavy (non-hydrogen) atoms. The van der Waals surface area contributed by atoms with Gasteiger partial charge in [0.05, 0.1) is 18.4 Å². The number of hydrogen-bond acceptors (Lipinski definition) is 5. The van der Waals surface area contributed by atoms with Crippen molar-refractivity contribution >= 4 is 0 Å².